The number of fused-ring (bicyclic) bond motifs is 2. The molecule has 182 valence electrons. The summed E-state index contributed by atoms with van der Waals surface area (Å²) in [6.45, 7) is 3.05. The first-order valence-electron chi connectivity index (χ1n) is 12.2. The number of amides is 2. The van der Waals surface area contributed by atoms with Crippen LogP contribution in [0, 0.1) is 0 Å². The molecule has 7 nitrogen and oxygen atoms in total. The summed E-state index contributed by atoms with van der Waals surface area (Å²) in [6, 6.07) is 18.3. The van der Waals surface area contributed by atoms with Crippen molar-refractivity contribution in [3.8, 4) is 0 Å². The van der Waals surface area contributed by atoms with Crippen LogP contribution in [0.1, 0.15) is 60.0 Å². The zero-order valence-corrected chi connectivity index (χ0v) is 19.7. The predicted molar refractivity (Wildman–Crippen MR) is 130 cm³/mol. The van der Waals surface area contributed by atoms with Crippen LogP contribution in [0.3, 0.4) is 0 Å². The van der Waals surface area contributed by atoms with Crippen LogP contribution >= 0.6 is 0 Å². The van der Waals surface area contributed by atoms with E-state index < -0.39 is 24.0 Å². The van der Waals surface area contributed by atoms with Crippen molar-refractivity contribution in [3.05, 3.63) is 71.3 Å². The number of piperidine rings is 1. The minimum Gasteiger partial charge on any atom is -0.390 e. The first kappa shape index (κ1) is 24.4. The summed E-state index contributed by atoms with van der Waals surface area (Å²) >= 11 is 0. The van der Waals surface area contributed by atoms with Crippen LogP contribution in [0.4, 0.5) is 0 Å². The molecular formula is C27H35N3O4. The third-order valence-electron chi connectivity index (χ3n) is 7.39. The summed E-state index contributed by atoms with van der Waals surface area (Å²) in [7, 11) is 0. The number of aliphatic hydroxyl groups excluding tert-OH is 2. The molecule has 2 unspecified atom stereocenters. The van der Waals surface area contributed by atoms with Crippen LogP contribution in [0.15, 0.2) is 54.6 Å². The average molecular weight is 466 g/mol. The monoisotopic (exact) mass is 465 g/mol. The van der Waals surface area contributed by atoms with Crippen molar-refractivity contribution in [2.24, 2.45) is 5.73 Å². The molecule has 2 heterocycles. The van der Waals surface area contributed by atoms with Gasteiger partial charge in [-0.2, -0.15) is 0 Å². The van der Waals surface area contributed by atoms with Crippen molar-refractivity contribution in [1.82, 2.24) is 9.80 Å². The Morgan fingerprint density at radius 3 is 2.35 bits per heavy atom. The number of carbonyl (C=O) groups excluding carboxylic acids is 2. The highest BCUT2D eigenvalue weighted by molar-refractivity contribution is 5.92. The van der Waals surface area contributed by atoms with Gasteiger partial charge in [-0.1, -0.05) is 42.5 Å². The summed E-state index contributed by atoms with van der Waals surface area (Å²) < 4.78 is 0. The van der Waals surface area contributed by atoms with Crippen molar-refractivity contribution in [1.29, 1.82) is 0 Å². The zero-order chi connectivity index (χ0) is 24.2. The van der Waals surface area contributed by atoms with Gasteiger partial charge in [-0.25, -0.2) is 0 Å². The minimum absolute atomic E-state index is 0.396. The lowest BCUT2D eigenvalue weighted by Gasteiger charge is -2.40. The quantitative estimate of drug-likeness (QED) is 0.527. The number of carbonyl (C=O) groups is 2. The van der Waals surface area contributed by atoms with Crippen LogP contribution in [-0.4, -0.2) is 69.2 Å². The Bertz CT molecular complexity index is 982. The first-order chi connectivity index (χ1) is 16.3. The second-order valence-electron chi connectivity index (χ2n) is 9.71. The molecular weight excluding hydrogens is 430 g/mol. The highest BCUT2D eigenvalue weighted by Gasteiger charge is 2.41. The Hall–Kier alpha value is -2.74. The van der Waals surface area contributed by atoms with E-state index in [-0.39, 0.29) is 0 Å². The Morgan fingerprint density at radius 1 is 1.06 bits per heavy atom. The molecule has 2 aliphatic heterocycles. The fourth-order valence-corrected chi connectivity index (χ4v) is 5.56. The van der Waals surface area contributed by atoms with Crippen molar-refractivity contribution in [2.75, 3.05) is 13.1 Å². The fraction of sp³-hybridized carbons (Fsp3) is 0.481. The number of nitrogens with zero attached hydrogens (tertiary/aromatic N) is 2. The molecule has 2 aromatic rings. The Balaban J connectivity index is 1.43. The van der Waals surface area contributed by atoms with Crippen LogP contribution in [0.5, 0.6) is 0 Å². The molecule has 7 heteroatoms. The average Bonchev–Trinajstić information content (AvgIpc) is 3.07. The van der Waals surface area contributed by atoms with Gasteiger partial charge in [0.15, 0.2) is 6.10 Å². The molecule has 2 bridgehead atoms. The van der Waals surface area contributed by atoms with Crippen LogP contribution in [0.2, 0.25) is 0 Å². The molecule has 2 saturated heterocycles. The van der Waals surface area contributed by atoms with Crippen molar-refractivity contribution in [2.45, 2.75) is 69.4 Å². The molecule has 4 N–H and O–H groups in total. The highest BCUT2D eigenvalue weighted by atomic mass is 16.3. The van der Waals surface area contributed by atoms with Crippen LogP contribution in [0.25, 0.3) is 0 Å². The van der Waals surface area contributed by atoms with Gasteiger partial charge in [0.1, 0.15) is 0 Å². The summed E-state index contributed by atoms with van der Waals surface area (Å²) in [5.41, 5.74) is 8.20. The van der Waals surface area contributed by atoms with Gasteiger partial charge in [-0.05, 0) is 61.8 Å². The highest BCUT2D eigenvalue weighted by Crippen LogP contribution is 2.43. The molecule has 0 aromatic heterocycles. The lowest BCUT2D eigenvalue weighted by atomic mass is 9.84. The number of benzene rings is 2. The maximum atomic E-state index is 12.9. The minimum atomic E-state index is -1.43. The SMILES string of the molecule is CC(O)C(O)C(=O)N(CCN1[C@@H]2CC[C@H]1C[C@@H](c1cccc(C(N)=O)c1)C2)Cc1ccccc1. The molecule has 0 aliphatic carbocycles. The predicted octanol–water partition coefficient (Wildman–Crippen LogP) is 2.27. The van der Waals surface area contributed by atoms with Gasteiger partial charge >= 0.3 is 0 Å². The number of hydrogen-bond acceptors (Lipinski definition) is 5. The van der Waals surface area contributed by atoms with Crippen molar-refractivity contribution < 1.29 is 19.8 Å². The molecule has 2 aromatic carbocycles. The Labute approximate surface area is 201 Å². The summed E-state index contributed by atoms with van der Waals surface area (Å²) in [6.07, 6.45) is 1.74. The van der Waals surface area contributed by atoms with Gasteiger partial charge in [-0.15, -0.1) is 0 Å². The summed E-state index contributed by atoms with van der Waals surface area (Å²) in [4.78, 5) is 28.7. The third kappa shape index (κ3) is 5.49. The Morgan fingerprint density at radius 2 is 1.74 bits per heavy atom. The normalized spacial score (nSPS) is 23.9. The van der Waals surface area contributed by atoms with E-state index in [1.807, 2.05) is 42.5 Å². The molecule has 4 rings (SSSR count). The van der Waals surface area contributed by atoms with Gasteiger partial charge < -0.3 is 20.8 Å². The van der Waals surface area contributed by atoms with E-state index in [1.165, 1.54) is 12.5 Å². The molecule has 0 radical (unpaired) electrons. The largest absolute Gasteiger partial charge is 0.390 e. The van der Waals surface area contributed by atoms with E-state index in [1.54, 1.807) is 11.0 Å². The van der Waals surface area contributed by atoms with E-state index in [9.17, 15) is 19.8 Å². The zero-order valence-electron chi connectivity index (χ0n) is 19.7. The lowest BCUT2D eigenvalue weighted by molar-refractivity contribution is -0.146. The van der Waals surface area contributed by atoms with E-state index in [4.69, 9.17) is 5.73 Å². The summed E-state index contributed by atoms with van der Waals surface area (Å²) in [5.74, 6) is -0.443. The number of hydrogen-bond donors (Lipinski definition) is 3. The maximum absolute atomic E-state index is 12.9. The van der Waals surface area contributed by atoms with Gasteiger partial charge in [0, 0.05) is 37.3 Å². The van der Waals surface area contributed by atoms with E-state index >= 15 is 0 Å². The fourth-order valence-electron chi connectivity index (χ4n) is 5.56. The van der Waals surface area contributed by atoms with Gasteiger partial charge in [-0.3, -0.25) is 14.5 Å². The van der Waals surface area contributed by atoms with E-state index in [2.05, 4.69) is 11.0 Å². The molecule has 0 spiro atoms. The van der Waals surface area contributed by atoms with Crippen molar-refractivity contribution in [3.63, 3.8) is 0 Å². The molecule has 5 atom stereocenters. The van der Waals surface area contributed by atoms with E-state index in [0.29, 0.717) is 36.7 Å². The van der Waals surface area contributed by atoms with Crippen LogP contribution < -0.4 is 5.73 Å². The third-order valence-corrected chi connectivity index (χ3v) is 7.39. The number of nitrogens with two attached hydrogens (primary N) is 1. The Kier molecular flexibility index (Phi) is 7.66. The maximum Gasteiger partial charge on any atom is 0.254 e. The molecule has 2 amide bonds. The second-order valence-corrected chi connectivity index (χ2v) is 9.71. The van der Waals surface area contributed by atoms with E-state index in [0.717, 1.165) is 37.8 Å². The lowest BCUT2D eigenvalue weighted by Crippen LogP contribution is -2.49. The number of primary amides is 1. The molecule has 34 heavy (non-hydrogen) atoms. The molecule has 0 saturated carbocycles. The standard InChI is InChI=1S/C27H35N3O4/c1-18(31)25(32)27(34)29(17-19-6-3-2-4-7-19)12-13-30-23-10-11-24(30)16-22(15-23)20-8-5-9-21(14-20)26(28)33/h2-9,14,18,22-25,31-32H,10-13,15-17H2,1H3,(H2,28,33)/t18?,22-,23+,24-,25?. The topological polar surface area (TPSA) is 107 Å². The van der Waals surface area contributed by atoms with Gasteiger partial charge in [0.25, 0.3) is 5.91 Å². The molecule has 2 aliphatic rings. The first-order valence-corrected chi connectivity index (χ1v) is 12.2. The molecule has 2 fully saturated rings. The van der Waals surface area contributed by atoms with Crippen LogP contribution in [-0.2, 0) is 11.3 Å². The number of aliphatic hydroxyl groups is 2. The second kappa shape index (κ2) is 10.7. The number of rotatable bonds is 9. The van der Waals surface area contributed by atoms with Gasteiger partial charge in [0.2, 0.25) is 5.91 Å². The van der Waals surface area contributed by atoms with Gasteiger partial charge in [0.05, 0.1) is 6.10 Å². The summed E-state index contributed by atoms with van der Waals surface area (Å²) in [5, 5.41) is 20.0. The van der Waals surface area contributed by atoms with Crippen molar-refractivity contribution >= 4 is 11.8 Å². The smallest absolute Gasteiger partial charge is 0.254 e.